The highest BCUT2D eigenvalue weighted by Gasteiger charge is 2.28. The van der Waals surface area contributed by atoms with E-state index in [1.807, 2.05) is 0 Å². The maximum Gasteiger partial charge on any atom is 0.342 e. The molecule has 0 aromatic heterocycles. The fourth-order valence-corrected chi connectivity index (χ4v) is 3.74. The van der Waals surface area contributed by atoms with Crippen LogP contribution in [0.2, 0.25) is 0 Å². The number of hydrogen-bond donors (Lipinski definition) is 3. The molecule has 1 saturated carbocycles. The molecule has 1 aliphatic rings. The van der Waals surface area contributed by atoms with Crippen molar-refractivity contribution in [2.75, 3.05) is 6.61 Å². The molecule has 0 heterocycles. The van der Waals surface area contributed by atoms with E-state index in [0.29, 0.717) is 22.6 Å². The third-order valence-corrected chi connectivity index (χ3v) is 5.60. The van der Waals surface area contributed by atoms with Crippen LogP contribution in [0.4, 0.5) is 0 Å². The number of carbonyl (C=O) groups excluding carboxylic acids is 2. The Morgan fingerprint density at radius 2 is 1.85 bits per heavy atom. The minimum atomic E-state index is -0.853. The van der Waals surface area contributed by atoms with Gasteiger partial charge in [-0.05, 0) is 24.3 Å². The summed E-state index contributed by atoms with van der Waals surface area (Å²) in [6, 6.07) is 7.88. The van der Waals surface area contributed by atoms with Crippen molar-refractivity contribution in [3.05, 3.63) is 35.9 Å². The molecule has 0 radical (unpaired) electrons. The number of phenolic OH excluding ortho intramolecular Hbond substituents is 2. The second kappa shape index (κ2) is 7.86. The second-order valence-electron chi connectivity index (χ2n) is 7.35. The summed E-state index contributed by atoms with van der Waals surface area (Å²) >= 11 is 0. The van der Waals surface area contributed by atoms with Crippen LogP contribution in [0.5, 0.6) is 11.5 Å². The summed E-state index contributed by atoms with van der Waals surface area (Å²) in [5.41, 5.74) is -0.168. The molecule has 6 nitrogen and oxygen atoms in total. The summed E-state index contributed by atoms with van der Waals surface area (Å²) in [7, 11) is 0. The SMILES string of the molecule is C[C@H]1[C@H](C)CCC[C@H]1NC(=O)COC(=O)c1cc(O)c2ccccc2c1O. The van der Waals surface area contributed by atoms with Gasteiger partial charge in [0.2, 0.25) is 0 Å². The van der Waals surface area contributed by atoms with E-state index in [0.717, 1.165) is 25.3 Å². The van der Waals surface area contributed by atoms with Crippen molar-refractivity contribution >= 4 is 22.6 Å². The van der Waals surface area contributed by atoms with Crippen LogP contribution in [0.3, 0.4) is 0 Å². The largest absolute Gasteiger partial charge is 0.507 e. The Morgan fingerprint density at radius 3 is 2.59 bits per heavy atom. The molecule has 3 N–H and O–H groups in total. The number of fused-ring (bicyclic) bond motifs is 1. The molecule has 1 aliphatic carbocycles. The number of ether oxygens (including phenoxy) is 1. The van der Waals surface area contributed by atoms with Crippen molar-refractivity contribution in [1.82, 2.24) is 5.32 Å². The minimum absolute atomic E-state index is 0.0815. The average molecular weight is 371 g/mol. The fraction of sp³-hybridized carbons (Fsp3) is 0.429. The molecular weight excluding hydrogens is 346 g/mol. The molecule has 6 heteroatoms. The number of nitrogens with one attached hydrogen (secondary N) is 1. The second-order valence-corrected chi connectivity index (χ2v) is 7.35. The molecular formula is C21H25NO5. The zero-order valence-electron chi connectivity index (χ0n) is 15.6. The summed E-state index contributed by atoms with van der Waals surface area (Å²) in [6.45, 7) is 3.87. The number of esters is 1. The molecule has 144 valence electrons. The maximum absolute atomic E-state index is 12.3. The first-order valence-electron chi connectivity index (χ1n) is 9.28. The number of amides is 1. The number of aromatic hydroxyl groups is 2. The third kappa shape index (κ3) is 3.99. The Labute approximate surface area is 158 Å². The van der Waals surface area contributed by atoms with Gasteiger partial charge in [0, 0.05) is 16.8 Å². The van der Waals surface area contributed by atoms with Gasteiger partial charge in [0.25, 0.3) is 5.91 Å². The molecule has 0 saturated heterocycles. The molecule has 3 rings (SSSR count). The van der Waals surface area contributed by atoms with E-state index >= 15 is 0 Å². The Hall–Kier alpha value is -2.76. The van der Waals surface area contributed by atoms with Gasteiger partial charge in [0.05, 0.1) is 0 Å². The summed E-state index contributed by atoms with van der Waals surface area (Å²) in [4.78, 5) is 24.5. The Balaban J connectivity index is 1.65. The average Bonchev–Trinajstić information content (AvgIpc) is 2.66. The molecule has 0 unspecified atom stereocenters. The van der Waals surface area contributed by atoms with E-state index in [-0.39, 0.29) is 29.0 Å². The smallest absolute Gasteiger partial charge is 0.342 e. The van der Waals surface area contributed by atoms with Crippen molar-refractivity contribution < 1.29 is 24.5 Å². The number of phenols is 2. The van der Waals surface area contributed by atoms with Crippen LogP contribution in [0.15, 0.2) is 30.3 Å². The summed E-state index contributed by atoms with van der Waals surface area (Å²) in [6.07, 6.45) is 3.15. The molecule has 27 heavy (non-hydrogen) atoms. The highest BCUT2D eigenvalue weighted by atomic mass is 16.5. The zero-order chi connectivity index (χ0) is 19.6. The third-order valence-electron chi connectivity index (χ3n) is 5.60. The maximum atomic E-state index is 12.3. The van der Waals surface area contributed by atoms with Crippen LogP contribution in [-0.2, 0) is 9.53 Å². The number of carbonyl (C=O) groups is 2. The summed E-state index contributed by atoms with van der Waals surface area (Å²) in [5.74, 6) is -0.704. The number of hydrogen-bond acceptors (Lipinski definition) is 5. The number of benzene rings is 2. The molecule has 2 aromatic rings. The first-order valence-corrected chi connectivity index (χ1v) is 9.28. The van der Waals surface area contributed by atoms with Crippen LogP contribution in [0, 0.1) is 11.8 Å². The summed E-state index contributed by atoms with van der Waals surface area (Å²) < 4.78 is 5.06. The van der Waals surface area contributed by atoms with Gasteiger partial charge in [0.1, 0.15) is 17.1 Å². The van der Waals surface area contributed by atoms with Gasteiger partial charge < -0.3 is 20.3 Å². The van der Waals surface area contributed by atoms with E-state index in [1.165, 1.54) is 0 Å². The topological polar surface area (TPSA) is 95.9 Å². The van der Waals surface area contributed by atoms with E-state index < -0.39 is 12.6 Å². The quantitative estimate of drug-likeness (QED) is 0.566. The van der Waals surface area contributed by atoms with Gasteiger partial charge >= 0.3 is 5.97 Å². The van der Waals surface area contributed by atoms with Gasteiger partial charge in [-0.3, -0.25) is 4.79 Å². The lowest BCUT2D eigenvalue weighted by atomic mass is 9.78. The van der Waals surface area contributed by atoms with Crippen LogP contribution >= 0.6 is 0 Å². The first kappa shape index (κ1) is 19.0. The molecule has 1 amide bonds. The monoisotopic (exact) mass is 371 g/mol. The molecule has 3 atom stereocenters. The Bertz CT molecular complexity index is 863. The van der Waals surface area contributed by atoms with E-state index in [2.05, 4.69) is 19.2 Å². The molecule has 2 aromatic carbocycles. The highest BCUT2D eigenvalue weighted by molar-refractivity contribution is 6.04. The van der Waals surface area contributed by atoms with Gasteiger partial charge in [-0.2, -0.15) is 0 Å². The molecule has 0 spiro atoms. The lowest BCUT2D eigenvalue weighted by molar-refractivity contribution is -0.125. The lowest BCUT2D eigenvalue weighted by Crippen LogP contribution is -2.45. The van der Waals surface area contributed by atoms with E-state index in [1.54, 1.807) is 24.3 Å². The molecule has 0 bridgehead atoms. The molecule has 1 fully saturated rings. The number of rotatable bonds is 4. The van der Waals surface area contributed by atoms with Gasteiger partial charge in [0.15, 0.2) is 6.61 Å². The first-order chi connectivity index (χ1) is 12.9. The fourth-order valence-electron chi connectivity index (χ4n) is 3.74. The van der Waals surface area contributed by atoms with E-state index in [9.17, 15) is 19.8 Å². The predicted molar refractivity (Wildman–Crippen MR) is 102 cm³/mol. The highest BCUT2D eigenvalue weighted by Crippen LogP contribution is 2.35. The van der Waals surface area contributed by atoms with Crippen molar-refractivity contribution in [2.45, 2.75) is 39.2 Å². The molecule has 0 aliphatic heterocycles. The lowest BCUT2D eigenvalue weighted by Gasteiger charge is -2.34. The van der Waals surface area contributed by atoms with Crippen LogP contribution in [0.1, 0.15) is 43.5 Å². The minimum Gasteiger partial charge on any atom is -0.507 e. The van der Waals surface area contributed by atoms with Gasteiger partial charge in [-0.1, -0.05) is 51.0 Å². The van der Waals surface area contributed by atoms with Crippen molar-refractivity contribution in [2.24, 2.45) is 11.8 Å². The van der Waals surface area contributed by atoms with Gasteiger partial charge in [-0.25, -0.2) is 4.79 Å². The zero-order valence-corrected chi connectivity index (χ0v) is 15.6. The summed E-state index contributed by atoms with van der Waals surface area (Å²) in [5, 5.41) is 24.1. The van der Waals surface area contributed by atoms with Crippen LogP contribution in [-0.4, -0.2) is 34.7 Å². The Kier molecular flexibility index (Phi) is 5.54. The Morgan fingerprint density at radius 1 is 1.15 bits per heavy atom. The standard InChI is InChI=1S/C21H25NO5/c1-12-6-5-9-17(13(12)2)22-19(24)11-27-21(26)16-10-18(23)14-7-3-4-8-15(14)20(16)25/h3-4,7-8,10,12-13,17,23,25H,5-6,9,11H2,1-2H3,(H,22,24)/t12-,13+,17-/m1/s1. The van der Waals surface area contributed by atoms with Crippen molar-refractivity contribution in [3.63, 3.8) is 0 Å². The van der Waals surface area contributed by atoms with Crippen LogP contribution < -0.4 is 5.32 Å². The van der Waals surface area contributed by atoms with Gasteiger partial charge in [-0.15, -0.1) is 0 Å². The normalized spacial score (nSPS) is 22.4. The predicted octanol–water partition coefficient (Wildman–Crippen LogP) is 3.35. The van der Waals surface area contributed by atoms with Crippen LogP contribution in [0.25, 0.3) is 10.8 Å². The van der Waals surface area contributed by atoms with Crippen molar-refractivity contribution in [1.29, 1.82) is 0 Å². The van der Waals surface area contributed by atoms with E-state index in [4.69, 9.17) is 4.74 Å². The van der Waals surface area contributed by atoms with Crippen molar-refractivity contribution in [3.8, 4) is 11.5 Å².